The Balaban J connectivity index is 3.47. The lowest BCUT2D eigenvalue weighted by molar-refractivity contribution is 0.0694. The van der Waals surface area contributed by atoms with E-state index < -0.39 is 5.97 Å². The smallest absolute Gasteiger partial charge is 0.335 e. The van der Waals surface area contributed by atoms with Crippen LogP contribution in [-0.4, -0.2) is 11.1 Å². The van der Waals surface area contributed by atoms with Gasteiger partial charge < -0.3 is 10.8 Å². The van der Waals surface area contributed by atoms with E-state index in [-0.39, 0.29) is 5.41 Å². The molecule has 0 heterocycles. The first kappa shape index (κ1) is 11.7. The quantitative estimate of drug-likeness (QED) is 0.781. The number of rotatable bonds is 2. The highest BCUT2D eigenvalue weighted by atomic mass is 16.4. The molecule has 1 rings (SSSR count). The molecule has 0 fully saturated rings. The van der Waals surface area contributed by atoms with E-state index >= 15 is 0 Å². The van der Waals surface area contributed by atoms with Crippen LogP contribution in [0.3, 0.4) is 0 Å². The van der Waals surface area contributed by atoms with Crippen LogP contribution in [0.4, 0.5) is 0 Å². The molecule has 82 valence electrons. The number of nitrogens with two attached hydrogens (primary N) is 1. The molecule has 3 nitrogen and oxygen atoms in total. The number of benzene rings is 1. The van der Waals surface area contributed by atoms with E-state index in [0.29, 0.717) is 12.1 Å². The Hall–Kier alpha value is -1.35. The molecule has 0 aliphatic heterocycles. The van der Waals surface area contributed by atoms with Crippen LogP contribution in [0.2, 0.25) is 0 Å². The minimum atomic E-state index is -0.893. The van der Waals surface area contributed by atoms with Gasteiger partial charge in [0.05, 0.1) is 5.56 Å². The van der Waals surface area contributed by atoms with Crippen molar-refractivity contribution < 1.29 is 9.90 Å². The SMILES string of the molecule is CC(C)(C)c1c(CN)cccc1C(=O)O. The summed E-state index contributed by atoms with van der Waals surface area (Å²) in [4.78, 5) is 11.1. The molecule has 0 radical (unpaired) electrons. The molecule has 0 unspecified atom stereocenters. The first-order valence-electron chi connectivity index (χ1n) is 4.93. The Morgan fingerprint density at radius 3 is 2.40 bits per heavy atom. The number of carboxylic acid groups (broad SMARTS) is 1. The Kier molecular flexibility index (Phi) is 3.15. The third-order valence-corrected chi connectivity index (χ3v) is 2.35. The summed E-state index contributed by atoms with van der Waals surface area (Å²) in [5.41, 5.74) is 7.51. The highest BCUT2D eigenvalue weighted by Crippen LogP contribution is 2.29. The Labute approximate surface area is 89.9 Å². The van der Waals surface area contributed by atoms with Crippen molar-refractivity contribution >= 4 is 5.97 Å². The topological polar surface area (TPSA) is 63.3 Å². The monoisotopic (exact) mass is 207 g/mol. The van der Waals surface area contributed by atoms with E-state index in [2.05, 4.69) is 0 Å². The summed E-state index contributed by atoms with van der Waals surface area (Å²) >= 11 is 0. The summed E-state index contributed by atoms with van der Waals surface area (Å²) in [6.07, 6.45) is 0. The van der Waals surface area contributed by atoms with Gasteiger partial charge in [-0.05, 0) is 22.6 Å². The summed E-state index contributed by atoms with van der Waals surface area (Å²) in [5.74, 6) is -0.893. The summed E-state index contributed by atoms with van der Waals surface area (Å²) in [6, 6.07) is 5.25. The second-order valence-corrected chi connectivity index (χ2v) is 4.60. The van der Waals surface area contributed by atoms with Gasteiger partial charge in [0.2, 0.25) is 0 Å². The van der Waals surface area contributed by atoms with Crippen molar-refractivity contribution in [3.05, 3.63) is 34.9 Å². The number of carbonyl (C=O) groups is 1. The maximum absolute atomic E-state index is 11.1. The predicted octanol–water partition coefficient (Wildman–Crippen LogP) is 2.14. The molecule has 0 aliphatic carbocycles. The zero-order chi connectivity index (χ0) is 11.6. The number of aromatic carboxylic acids is 1. The molecule has 0 spiro atoms. The zero-order valence-corrected chi connectivity index (χ0v) is 9.37. The summed E-state index contributed by atoms with van der Waals surface area (Å²) in [6.45, 7) is 6.35. The normalized spacial score (nSPS) is 11.5. The second-order valence-electron chi connectivity index (χ2n) is 4.60. The lowest BCUT2D eigenvalue weighted by Gasteiger charge is -2.24. The van der Waals surface area contributed by atoms with Gasteiger partial charge in [-0.2, -0.15) is 0 Å². The van der Waals surface area contributed by atoms with Gasteiger partial charge in [0.15, 0.2) is 0 Å². The number of hydrogen-bond donors (Lipinski definition) is 2. The van der Waals surface area contributed by atoms with Crippen molar-refractivity contribution in [2.24, 2.45) is 5.73 Å². The molecule has 0 amide bonds. The minimum Gasteiger partial charge on any atom is -0.478 e. The van der Waals surface area contributed by atoms with Gasteiger partial charge in [0.1, 0.15) is 0 Å². The Morgan fingerprint density at radius 2 is 2.00 bits per heavy atom. The standard InChI is InChI=1S/C12H17NO2/c1-12(2,3)10-8(7-13)5-4-6-9(10)11(14)15/h4-6H,7,13H2,1-3H3,(H,14,15). The first-order valence-corrected chi connectivity index (χ1v) is 4.93. The molecule has 0 bridgehead atoms. The molecular formula is C12H17NO2. The lowest BCUT2D eigenvalue weighted by atomic mass is 9.80. The third-order valence-electron chi connectivity index (χ3n) is 2.35. The largest absolute Gasteiger partial charge is 0.478 e. The van der Waals surface area contributed by atoms with E-state index in [9.17, 15) is 4.79 Å². The summed E-state index contributed by atoms with van der Waals surface area (Å²) < 4.78 is 0. The van der Waals surface area contributed by atoms with E-state index in [1.807, 2.05) is 26.8 Å². The van der Waals surface area contributed by atoms with Crippen LogP contribution in [-0.2, 0) is 12.0 Å². The average molecular weight is 207 g/mol. The Morgan fingerprint density at radius 1 is 1.40 bits per heavy atom. The fourth-order valence-corrected chi connectivity index (χ4v) is 1.83. The van der Waals surface area contributed by atoms with Crippen LogP contribution >= 0.6 is 0 Å². The average Bonchev–Trinajstić information content (AvgIpc) is 2.15. The molecule has 15 heavy (non-hydrogen) atoms. The predicted molar refractivity (Wildman–Crippen MR) is 60.0 cm³/mol. The van der Waals surface area contributed by atoms with Crippen LogP contribution in [0.25, 0.3) is 0 Å². The zero-order valence-electron chi connectivity index (χ0n) is 9.37. The van der Waals surface area contributed by atoms with Crippen LogP contribution < -0.4 is 5.73 Å². The minimum absolute atomic E-state index is 0.205. The molecule has 0 aliphatic rings. The molecule has 0 saturated heterocycles. The van der Waals surface area contributed by atoms with Crippen LogP contribution in [0.15, 0.2) is 18.2 Å². The van der Waals surface area contributed by atoms with E-state index in [0.717, 1.165) is 11.1 Å². The summed E-state index contributed by atoms with van der Waals surface area (Å²) in [7, 11) is 0. The molecule has 0 aromatic heterocycles. The van der Waals surface area contributed by atoms with Crippen molar-refractivity contribution in [2.75, 3.05) is 0 Å². The molecule has 0 atom stereocenters. The van der Waals surface area contributed by atoms with E-state index in [4.69, 9.17) is 10.8 Å². The maximum atomic E-state index is 11.1. The first-order chi connectivity index (χ1) is 6.88. The van der Waals surface area contributed by atoms with Gasteiger partial charge in [-0.25, -0.2) is 4.79 Å². The van der Waals surface area contributed by atoms with Crippen LogP contribution in [0.1, 0.15) is 42.3 Å². The van der Waals surface area contributed by atoms with Gasteiger partial charge in [-0.15, -0.1) is 0 Å². The highest BCUT2D eigenvalue weighted by Gasteiger charge is 2.23. The molecule has 1 aromatic rings. The lowest BCUT2D eigenvalue weighted by Crippen LogP contribution is -2.20. The van der Waals surface area contributed by atoms with Gasteiger partial charge in [0, 0.05) is 6.54 Å². The molecule has 3 N–H and O–H groups in total. The summed E-state index contributed by atoms with van der Waals surface area (Å²) in [5, 5.41) is 9.11. The van der Waals surface area contributed by atoms with Gasteiger partial charge >= 0.3 is 5.97 Å². The van der Waals surface area contributed by atoms with Crippen LogP contribution in [0, 0.1) is 0 Å². The van der Waals surface area contributed by atoms with Crippen molar-refractivity contribution in [1.29, 1.82) is 0 Å². The second kappa shape index (κ2) is 4.03. The number of hydrogen-bond acceptors (Lipinski definition) is 2. The molecular weight excluding hydrogens is 190 g/mol. The van der Waals surface area contributed by atoms with Gasteiger partial charge in [-0.1, -0.05) is 32.9 Å². The molecule has 3 heteroatoms. The molecule has 1 aromatic carbocycles. The maximum Gasteiger partial charge on any atom is 0.335 e. The fraction of sp³-hybridized carbons (Fsp3) is 0.417. The van der Waals surface area contributed by atoms with E-state index in [1.165, 1.54) is 0 Å². The van der Waals surface area contributed by atoms with E-state index in [1.54, 1.807) is 12.1 Å². The third kappa shape index (κ3) is 2.36. The fourth-order valence-electron chi connectivity index (χ4n) is 1.83. The Bertz CT molecular complexity index is 378. The van der Waals surface area contributed by atoms with Crippen molar-refractivity contribution in [1.82, 2.24) is 0 Å². The van der Waals surface area contributed by atoms with Gasteiger partial charge in [-0.3, -0.25) is 0 Å². The van der Waals surface area contributed by atoms with Crippen molar-refractivity contribution in [3.8, 4) is 0 Å². The number of carboxylic acids is 1. The molecule has 0 saturated carbocycles. The van der Waals surface area contributed by atoms with Crippen LogP contribution in [0.5, 0.6) is 0 Å². The van der Waals surface area contributed by atoms with Gasteiger partial charge in [0.25, 0.3) is 0 Å². The van der Waals surface area contributed by atoms with Crippen molar-refractivity contribution in [2.45, 2.75) is 32.7 Å². The highest BCUT2D eigenvalue weighted by molar-refractivity contribution is 5.90. The van der Waals surface area contributed by atoms with Crippen molar-refractivity contribution in [3.63, 3.8) is 0 Å².